The molecule has 0 radical (unpaired) electrons. The molecule has 0 aromatic heterocycles. The van der Waals surface area contributed by atoms with Gasteiger partial charge in [-0.25, -0.2) is 4.79 Å². The second-order valence-corrected chi connectivity index (χ2v) is 14.3. The Kier molecular flexibility index (Phi) is 9.11. The SMILES string of the molecule is CC1(C)CC2CC(C)(CN2C[C@H]2C[C@@H](c3ccc(CO)cc3)O[C@@H](c3ccc(CNC(=O)NCc4ccccc4)cc3)O2)C1. The van der Waals surface area contributed by atoms with Crippen molar-refractivity contribution in [2.45, 2.75) is 90.7 Å². The minimum atomic E-state index is -0.485. The molecule has 7 heteroatoms. The van der Waals surface area contributed by atoms with Crippen LogP contribution in [0.2, 0.25) is 0 Å². The quantitative estimate of drug-likeness (QED) is 0.258. The van der Waals surface area contributed by atoms with Crippen molar-refractivity contribution in [3.8, 4) is 0 Å². The zero-order chi connectivity index (χ0) is 30.7. The predicted octanol–water partition coefficient (Wildman–Crippen LogP) is 6.62. The summed E-state index contributed by atoms with van der Waals surface area (Å²) in [6.45, 7) is 10.3. The molecule has 6 rings (SSSR count). The number of aliphatic hydroxyl groups excluding tert-OH is 1. The lowest BCUT2D eigenvalue weighted by Crippen LogP contribution is -2.42. The molecule has 3 fully saturated rings. The average molecular weight is 598 g/mol. The highest BCUT2D eigenvalue weighted by Gasteiger charge is 2.50. The van der Waals surface area contributed by atoms with Crippen LogP contribution in [0.5, 0.6) is 0 Å². The standard InChI is InChI=1S/C37H47N3O4/c1-36(2)18-31-19-37(3,24-36)25-40(31)22-32-17-33(29-13-11-28(23-41)12-14-29)44-34(43-32)30-15-9-27(10-16-30)21-39-35(42)38-20-26-7-5-4-6-8-26/h4-16,31-34,41H,17-25H2,1-3H3,(H2,38,39,42)/t31?,32-,33+,34+,37?/m1/s1. The highest BCUT2D eigenvalue weighted by Crippen LogP contribution is 2.53. The molecule has 2 saturated heterocycles. The van der Waals surface area contributed by atoms with Crippen molar-refractivity contribution in [2.24, 2.45) is 10.8 Å². The van der Waals surface area contributed by atoms with Crippen LogP contribution in [-0.2, 0) is 29.2 Å². The summed E-state index contributed by atoms with van der Waals surface area (Å²) < 4.78 is 13.3. The van der Waals surface area contributed by atoms with E-state index < -0.39 is 6.29 Å². The number of ether oxygens (including phenoxy) is 2. The monoisotopic (exact) mass is 597 g/mol. The van der Waals surface area contributed by atoms with Gasteiger partial charge >= 0.3 is 6.03 Å². The van der Waals surface area contributed by atoms with E-state index in [-0.39, 0.29) is 24.8 Å². The fraction of sp³-hybridized carbons (Fsp3) is 0.486. The highest BCUT2D eigenvalue weighted by molar-refractivity contribution is 5.73. The minimum absolute atomic E-state index is 0.0293. The van der Waals surface area contributed by atoms with Gasteiger partial charge in [0.15, 0.2) is 6.29 Å². The molecule has 2 unspecified atom stereocenters. The summed E-state index contributed by atoms with van der Waals surface area (Å²) in [4.78, 5) is 15.0. The largest absolute Gasteiger partial charge is 0.392 e. The molecule has 0 spiro atoms. The number of aliphatic hydroxyl groups is 1. The van der Waals surface area contributed by atoms with Crippen LogP contribution in [0.3, 0.4) is 0 Å². The third kappa shape index (κ3) is 7.52. The van der Waals surface area contributed by atoms with Gasteiger partial charge in [0, 0.05) is 44.2 Å². The minimum Gasteiger partial charge on any atom is -0.392 e. The summed E-state index contributed by atoms with van der Waals surface area (Å²) in [5, 5.41) is 15.4. The van der Waals surface area contributed by atoms with Gasteiger partial charge in [0.25, 0.3) is 0 Å². The first-order chi connectivity index (χ1) is 21.2. The Morgan fingerprint density at radius 3 is 2.16 bits per heavy atom. The summed E-state index contributed by atoms with van der Waals surface area (Å²) >= 11 is 0. The number of carbonyl (C=O) groups is 1. The lowest BCUT2D eigenvalue weighted by molar-refractivity contribution is -0.253. The number of rotatable bonds is 9. The van der Waals surface area contributed by atoms with Crippen LogP contribution in [0, 0.1) is 10.8 Å². The van der Waals surface area contributed by atoms with Crippen molar-refractivity contribution in [2.75, 3.05) is 13.1 Å². The van der Waals surface area contributed by atoms with Gasteiger partial charge < -0.3 is 25.2 Å². The lowest BCUT2D eigenvalue weighted by atomic mass is 9.65. The fourth-order valence-corrected chi connectivity index (χ4v) is 7.90. The third-order valence-corrected chi connectivity index (χ3v) is 9.58. The lowest BCUT2D eigenvalue weighted by Gasteiger charge is -2.41. The molecule has 1 aliphatic carbocycles. The van der Waals surface area contributed by atoms with Gasteiger partial charge in [0.05, 0.1) is 18.8 Å². The van der Waals surface area contributed by atoms with E-state index in [0.717, 1.165) is 47.3 Å². The van der Waals surface area contributed by atoms with Crippen molar-refractivity contribution in [3.63, 3.8) is 0 Å². The molecule has 3 N–H and O–H groups in total. The second-order valence-electron chi connectivity index (χ2n) is 14.3. The highest BCUT2D eigenvalue weighted by atomic mass is 16.7. The number of nitrogens with zero attached hydrogens (tertiary/aromatic N) is 1. The zero-order valence-corrected chi connectivity index (χ0v) is 26.3. The molecular formula is C37H47N3O4. The van der Waals surface area contributed by atoms with Gasteiger partial charge in [-0.1, -0.05) is 99.6 Å². The molecule has 1 saturated carbocycles. The number of hydrogen-bond donors (Lipinski definition) is 3. The van der Waals surface area contributed by atoms with Gasteiger partial charge in [-0.05, 0) is 52.3 Å². The molecule has 3 aliphatic rings. The smallest absolute Gasteiger partial charge is 0.315 e. The summed E-state index contributed by atoms with van der Waals surface area (Å²) in [6, 6.07) is 26.5. The van der Waals surface area contributed by atoms with E-state index in [1.165, 1.54) is 19.3 Å². The number of fused-ring (bicyclic) bond motifs is 2. The van der Waals surface area contributed by atoms with Crippen LogP contribution in [0.15, 0.2) is 78.9 Å². The van der Waals surface area contributed by atoms with Crippen molar-refractivity contribution in [1.29, 1.82) is 0 Å². The van der Waals surface area contributed by atoms with E-state index in [1.807, 2.05) is 66.7 Å². The molecule has 2 aliphatic heterocycles. The molecule has 2 amide bonds. The van der Waals surface area contributed by atoms with Crippen molar-refractivity contribution in [3.05, 3.63) is 107 Å². The zero-order valence-electron chi connectivity index (χ0n) is 26.3. The van der Waals surface area contributed by atoms with Crippen LogP contribution >= 0.6 is 0 Å². The Labute approximate surface area is 262 Å². The van der Waals surface area contributed by atoms with E-state index in [4.69, 9.17) is 9.47 Å². The summed E-state index contributed by atoms with van der Waals surface area (Å²) in [6.07, 6.45) is 4.03. The maximum atomic E-state index is 12.3. The Hall–Kier alpha value is -3.23. The molecule has 3 aromatic carbocycles. The van der Waals surface area contributed by atoms with Crippen molar-refractivity contribution < 1.29 is 19.4 Å². The number of carbonyl (C=O) groups excluding carboxylic acids is 1. The first-order valence-corrected chi connectivity index (χ1v) is 16.1. The number of amides is 2. The van der Waals surface area contributed by atoms with Gasteiger partial charge in [-0.15, -0.1) is 0 Å². The normalized spacial score (nSPS) is 28.0. The molecular weight excluding hydrogens is 550 g/mol. The van der Waals surface area contributed by atoms with Crippen LogP contribution < -0.4 is 10.6 Å². The Morgan fingerprint density at radius 2 is 1.48 bits per heavy atom. The van der Waals surface area contributed by atoms with Gasteiger partial charge in [0.1, 0.15) is 0 Å². The van der Waals surface area contributed by atoms with E-state index in [9.17, 15) is 9.90 Å². The topological polar surface area (TPSA) is 83.1 Å². The third-order valence-electron chi connectivity index (χ3n) is 9.58. The molecule has 5 atom stereocenters. The van der Waals surface area contributed by atoms with Crippen molar-refractivity contribution >= 4 is 6.03 Å². The van der Waals surface area contributed by atoms with Crippen LogP contribution in [0.1, 0.15) is 86.7 Å². The average Bonchev–Trinajstić information content (AvgIpc) is 3.26. The molecule has 7 nitrogen and oxygen atoms in total. The Morgan fingerprint density at radius 1 is 0.841 bits per heavy atom. The molecule has 3 aromatic rings. The van der Waals surface area contributed by atoms with Crippen molar-refractivity contribution in [1.82, 2.24) is 15.5 Å². The van der Waals surface area contributed by atoms with E-state index in [1.54, 1.807) is 0 Å². The number of hydrogen-bond acceptors (Lipinski definition) is 5. The molecule has 2 heterocycles. The number of nitrogens with one attached hydrogen (secondary N) is 2. The number of benzene rings is 3. The fourth-order valence-electron chi connectivity index (χ4n) is 7.90. The maximum absolute atomic E-state index is 12.3. The summed E-state index contributed by atoms with van der Waals surface area (Å²) in [7, 11) is 0. The van der Waals surface area contributed by atoms with Crippen LogP contribution in [-0.4, -0.2) is 41.3 Å². The van der Waals surface area contributed by atoms with Crippen LogP contribution in [0.4, 0.5) is 4.79 Å². The van der Waals surface area contributed by atoms with E-state index >= 15 is 0 Å². The number of urea groups is 1. The number of likely N-dealkylation sites (tertiary alicyclic amines) is 1. The first kappa shape index (κ1) is 30.8. The van der Waals surface area contributed by atoms with E-state index in [0.29, 0.717) is 30.0 Å². The summed E-state index contributed by atoms with van der Waals surface area (Å²) in [5.74, 6) is 0. The van der Waals surface area contributed by atoms with Gasteiger partial charge in [-0.3, -0.25) is 4.90 Å². The van der Waals surface area contributed by atoms with Crippen LogP contribution in [0.25, 0.3) is 0 Å². The van der Waals surface area contributed by atoms with E-state index in [2.05, 4.69) is 48.4 Å². The molecule has 234 valence electrons. The predicted molar refractivity (Wildman–Crippen MR) is 171 cm³/mol. The Balaban J connectivity index is 1.11. The first-order valence-electron chi connectivity index (χ1n) is 16.1. The van der Waals surface area contributed by atoms with Gasteiger partial charge in [-0.2, -0.15) is 0 Å². The molecule has 2 bridgehead atoms. The Bertz CT molecular complexity index is 1390. The van der Waals surface area contributed by atoms with Gasteiger partial charge in [0.2, 0.25) is 0 Å². The molecule has 44 heavy (non-hydrogen) atoms. The summed E-state index contributed by atoms with van der Waals surface area (Å²) in [5.41, 5.74) is 5.79. The maximum Gasteiger partial charge on any atom is 0.315 e. The second kappa shape index (κ2) is 13.0.